The number of pyridine rings is 1. The number of rotatable bonds is 2. The van der Waals surface area contributed by atoms with Gasteiger partial charge in [-0.1, -0.05) is 54.6 Å². The highest BCUT2D eigenvalue weighted by Crippen LogP contribution is 2.26. The van der Waals surface area contributed by atoms with E-state index in [9.17, 15) is 4.79 Å². The van der Waals surface area contributed by atoms with Crippen molar-refractivity contribution in [2.75, 3.05) is 26.7 Å². The van der Waals surface area contributed by atoms with Crippen molar-refractivity contribution in [1.29, 1.82) is 0 Å². The first kappa shape index (κ1) is 15.8. The van der Waals surface area contributed by atoms with E-state index in [2.05, 4.69) is 29.1 Å². The second-order valence-electron chi connectivity index (χ2n) is 6.58. The monoisotopic (exact) mass is 331 g/mol. The average molecular weight is 331 g/mol. The van der Waals surface area contributed by atoms with Gasteiger partial charge in [0.15, 0.2) is 0 Å². The van der Waals surface area contributed by atoms with Gasteiger partial charge in [0, 0.05) is 25.0 Å². The first-order valence-electron chi connectivity index (χ1n) is 8.62. The van der Waals surface area contributed by atoms with Gasteiger partial charge >= 0.3 is 0 Å². The lowest BCUT2D eigenvalue weighted by atomic mass is 10.0. The Bertz CT molecular complexity index is 894. The van der Waals surface area contributed by atoms with E-state index in [0.29, 0.717) is 12.2 Å². The highest BCUT2D eigenvalue weighted by Gasteiger charge is 2.31. The van der Waals surface area contributed by atoms with E-state index in [-0.39, 0.29) is 11.9 Å². The van der Waals surface area contributed by atoms with Crippen molar-refractivity contribution in [3.05, 3.63) is 78.0 Å². The first-order valence-corrected chi connectivity index (χ1v) is 8.62. The minimum absolute atomic E-state index is 0.00714. The van der Waals surface area contributed by atoms with E-state index in [4.69, 9.17) is 0 Å². The van der Waals surface area contributed by atoms with E-state index in [1.807, 2.05) is 59.5 Å². The molecule has 4 heteroatoms. The zero-order chi connectivity index (χ0) is 17.2. The van der Waals surface area contributed by atoms with Crippen molar-refractivity contribution in [2.24, 2.45) is 0 Å². The van der Waals surface area contributed by atoms with Crippen molar-refractivity contribution < 1.29 is 4.79 Å². The Morgan fingerprint density at radius 1 is 0.960 bits per heavy atom. The van der Waals surface area contributed by atoms with Gasteiger partial charge in [-0.3, -0.25) is 4.79 Å². The summed E-state index contributed by atoms with van der Waals surface area (Å²) in [6, 6.07) is 22.0. The van der Waals surface area contributed by atoms with Crippen LogP contribution in [0.2, 0.25) is 0 Å². The number of aromatic nitrogens is 1. The van der Waals surface area contributed by atoms with Crippen LogP contribution >= 0.6 is 0 Å². The molecule has 1 aliphatic heterocycles. The lowest BCUT2D eigenvalue weighted by Crippen LogP contribution is -2.49. The number of likely N-dealkylation sites (N-methyl/N-ethyl adjacent to an activating group) is 1. The predicted octanol–water partition coefficient (Wildman–Crippen LogP) is 3.36. The summed E-state index contributed by atoms with van der Waals surface area (Å²) in [6.07, 6.45) is 0. The van der Waals surface area contributed by atoms with Crippen molar-refractivity contribution in [3.63, 3.8) is 0 Å². The third-order valence-corrected chi connectivity index (χ3v) is 4.85. The van der Waals surface area contributed by atoms with Crippen LogP contribution in [0.3, 0.4) is 0 Å². The fourth-order valence-corrected chi connectivity index (χ4v) is 3.46. The molecule has 1 amide bonds. The van der Waals surface area contributed by atoms with Gasteiger partial charge in [-0.2, -0.15) is 0 Å². The molecule has 25 heavy (non-hydrogen) atoms. The molecule has 0 saturated carbocycles. The SMILES string of the molecule is CN1CCN(C(=O)c2ccc3ccccc3n2)[C@@H](c2ccccc2)C1. The molecule has 2 heterocycles. The molecule has 4 rings (SSSR count). The van der Waals surface area contributed by atoms with Crippen molar-refractivity contribution in [3.8, 4) is 0 Å². The molecule has 1 aromatic heterocycles. The number of benzene rings is 2. The maximum Gasteiger partial charge on any atom is 0.273 e. The van der Waals surface area contributed by atoms with E-state index in [1.54, 1.807) is 0 Å². The number of para-hydroxylation sites is 1. The summed E-state index contributed by atoms with van der Waals surface area (Å²) in [4.78, 5) is 22.0. The minimum Gasteiger partial charge on any atom is -0.328 e. The Labute approximate surface area is 147 Å². The average Bonchev–Trinajstić information content (AvgIpc) is 2.67. The Hall–Kier alpha value is -2.72. The number of piperazine rings is 1. The number of carbonyl (C=O) groups is 1. The van der Waals surface area contributed by atoms with Crippen LogP contribution in [-0.4, -0.2) is 47.4 Å². The molecule has 0 aliphatic carbocycles. The molecule has 2 aromatic carbocycles. The summed E-state index contributed by atoms with van der Waals surface area (Å²) < 4.78 is 0. The largest absolute Gasteiger partial charge is 0.328 e. The summed E-state index contributed by atoms with van der Waals surface area (Å²) in [7, 11) is 2.10. The third-order valence-electron chi connectivity index (χ3n) is 4.85. The van der Waals surface area contributed by atoms with E-state index >= 15 is 0 Å². The fraction of sp³-hybridized carbons (Fsp3) is 0.238. The van der Waals surface area contributed by atoms with Crippen LogP contribution in [0, 0.1) is 0 Å². The molecule has 126 valence electrons. The molecule has 0 bridgehead atoms. The zero-order valence-corrected chi connectivity index (χ0v) is 14.3. The highest BCUT2D eigenvalue weighted by molar-refractivity contribution is 5.95. The molecular weight excluding hydrogens is 310 g/mol. The summed E-state index contributed by atoms with van der Waals surface area (Å²) in [5, 5.41) is 1.05. The molecule has 0 spiro atoms. The lowest BCUT2D eigenvalue weighted by molar-refractivity contribution is 0.0492. The number of amides is 1. The van der Waals surface area contributed by atoms with Crippen molar-refractivity contribution in [2.45, 2.75) is 6.04 Å². The standard InChI is InChI=1S/C21H21N3O/c1-23-13-14-24(20(15-23)17-8-3-2-4-9-17)21(25)19-12-11-16-7-5-6-10-18(16)22-19/h2-12,20H,13-15H2,1H3/t20-/m1/s1. The van der Waals surface area contributed by atoms with E-state index in [1.165, 1.54) is 5.56 Å². The second-order valence-corrected chi connectivity index (χ2v) is 6.58. The van der Waals surface area contributed by atoms with Gasteiger partial charge in [0.2, 0.25) is 0 Å². The second kappa shape index (κ2) is 6.65. The van der Waals surface area contributed by atoms with Crippen LogP contribution in [0.25, 0.3) is 10.9 Å². The highest BCUT2D eigenvalue weighted by atomic mass is 16.2. The summed E-state index contributed by atoms with van der Waals surface area (Å²) >= 11 is 0. The first-order chi connectivity index (χ1) is 12.2. The summed E-state index contributed by atoms with van der Waals surface area (Å²) in [6.45, 7) is 2.43. The number of hydrogen-bond donors (Lipinski definition) is 0. The van der Waals surface area contributed by atoms with Crippen LogP contribution in [0.5, 0.6) is 0 Å². The van der Waals surface area contributed by atoms with Gasteiger partial charge in [0.25, 0.3) is 5.91 Å². The van der Waals surface area contributed by atoms with Crippen LogP contribution in [0.1, 0.15) is 22.1 Å². The maximum atomic E-state index is 13.2. The lowest BCUT2D eigenvalue weighted by Gasteiger charge is -2.40. The van der Waals surface area contributed by atoms with Crippen LogP contribution in [0.4, 0.5) is 0 Å². The third kappa shape index (κ3) is 3.13. The normalized spacial score (nSPS) is 18.4. The summed E-state index contributed by atoms with van der Waals surface area (Å²) in [5.74, 6) is 0.00714. The molecule has 1 fully saturated rings. The smallest absolute Gasteiger partial charge is 0.273 e. The number of fused-ring (bicyclic) bond motifs is 1. The van der Waals surface area contributed by atoms with E-state index in [0.717, 1.165) is 24.0 Å². The predicted molar refractivity (Wildman–Crippen MR) is 99.5 cm³/mol. The van der Waals surface area contributed by atoms with Crippen LogP contribution in [-0.2, 0) is 0 Å². The summed E-state index contributed by atoms with van der Waals surface area (Å²) in [5.41, 5.74) is 2.55. The number of carbonyl (C=O) groups excluding carboxylic acids is 1. The quantitative estimate of drug-likeness (QED) is 0.722. The van der Waals surface area contributed by atoms with Crippen molar-refractivity contribution in [1.82, 2.24) is 14.8 Å². The maximum absolute atomic E-state index is 13.2. The number of hydrogen-bond acceptors (Lipinski definition) is 3. The molecule has 0 radical (unpaired) electrons. The molecule has 1 saturated heterocycles. The molecule has 3 aromatic rings. The van der Waals surface area contributed by atoms with Gasteiger partial charge in [-0.15, -0.1) is 0 Å². The van der Waals surface area contributed by atoms with Crippen LogP contribution < -0.4 is 0 Å². The zero-order valence-electron chi connectivity index (χ0n) is 14.3. The van der Waals surface area contributed by atoms with Gasteiger partial charge in [0.1, 0.15) is 5.69 Å². The Morgan fingerprint density at radius 3 is 2.56 bits per heavy atom. The minimum atomic E-state index is 0.00714. The Morgan fingerprint density at radius 2 is 1.72 bits per heavy atom. The molecule has 0 N–H and O–H groups in total. The van der Waals surface area contributed by atoms with Gasteiger partial charge in [-0.05, 0) is 24.7 Å². The molecule has 4 nitrogen and oxygen atoms in total. The molecule has 1 aliphatic rings. The van der Waals surface area contributed by atoms with E-state index < -0.39 is 0 Å². The van der Waals surface area contributed by atoms with Gasteiger partial charge < -0.3 is 9.80 Å². The molecular formula is C21H21N3O. The fourth-order valence-electron chi connectivity index (χ4n) is 3.46. The van der Waals surface area contributed by atoms with Gasteiger partial charge in [0.05, 0.1) is 11.6 Å². The number of nitrogens with zero attached hydrogens (tertiary/aromatic N) is 3. The topological polar surface area (TPSA) is 36.4 Å². The molecule has 0 unspecified atom stereocenters. The van der Waals surface area contributed by atoms with Crippen LogP contribution in [0.15, 0.2) is 66.7 Å². The van der Waals surface area contributed by atoms with Gasteiger partial charge in [-0.25, -0.2) is 4.98 Å². The Kier molecular flexibility index (Phi) is 4.20. The Balaban J connectivity index is 1.68. The molecule has 1 atom stereocenters. The van der Waals surface area contributed by atoms with Crippen molar-refractivity contribution >= 4 is 16.8 Å².